The average molecular weight is 239 g/mol. The lowest BCUT2D eigenvalue weighted by Crippen LogP contribution is -2.44. The Bertz CT molecular complexity index is 295. The van der Waals surface area contributed by atoms with Crippen molar-refractivity contribution in [1.82, 2.24) is 15.0 Å². The minimum Gasteiger partial charge on any atom is -0.375 e. The number of likely N-dealkylation sites (N-methyl/N-ethyl adjacent to an activating group) is 1. The number of aromatic nitrogens is 1. The number of rotatable bonds is 6. The summed E-state index contributed by atoms with van der Waals surface area (Å²) in [6.07, 6.45) is 2.66. The van der Waals surface area contributed by atoms with Crippen molar-refractivity contribution >= 4 is 0 Å². The van der Waals surface area contributed by atoms with Crippen molar-refractivity contribution in [3.63, 3.8) is 0 Å². The molecule has 0 aliphatic carbocycles. The summed E-state index contributed by atoms with van der Waals surface area (Å²) in [5.74, 6) is 0. The van der Waals surface area contributed by atoms with Crippen molar-refractivity contribution in [2.75, 3.05) is 46.4 Å². The van der Waals surface area contributed by atoms with Gasteiger partial charge in [-0.05, 0) is 13.5 Å². The van der Waals surface area contributed by atoms with Crippen molar-refractivity contribution in [2.24, 2.45) is 0 Å². The molecule has 0 aromatic carbocycles. The summed E-state index contributed by atoms with van der Waals surface area (Å²) in [7, 11) is 2.18. The van der Waals surface area contributed by atoms with Crippen LogP contribution in [0.2, 0.25) is 0 Å². The van der Waals surface area contributed by atoms with Gasteiger partial charge in [0.1, 0.15) is 12.0 Å². The highest BCUT2D eigenvalue weighted by atomic mass is 16.5. The molecule has 1 saturated heterocycles. The number of hydrogen-bond donors (Lipinski definition) is 0. The van der Waals surface area contributed by atoms with Gasteiger partial charge in [-0.3, -0.25) is 0 Å². The molecule has 5 nitrogen and oxygen atoms in total. The highest BCUT2D eigenvalue weighted by Gasteiger charge is 2.12. The van der Waals surface area contributed by atoms with Crippen LogP contribution in [-0.4, -0.2) is 61.3 Å². The summed E-state index contributed by atoms with van der Waals surface area (Å²) in [5.41, 5.74) is 0.865. The smallest absolute Gasteiger partial charge is 0.124 e. The first kappa shape index (κ1) is 12.5. The van der Waals surface area contributed by atoms with Crippen LogP contribution in [0.1, 0.15) is 12.1 Å². The van der Waals surface area contributed by atoms with Crippen LogP contribution < -0.4 is 0 Å². The number of hydrogen-bond acceptors (Lipinski definition) is 5. The fourth-order valence-corrected chi connectivity index (χ4v) is 1.95. The standard InChI is InChI=1S/C12H21N3O2/c1-14-5-7-15(8-6-14)4-2-9-16-11-12-3-10-17-13-12/h3,10H,2,4-9,11H2,1H3. The Kier molecular flexibility index (Phi) is 4.97. The van der Waals surface area contributed by atoms with E-state index in [9.17, 15) is 0 Å². The van der Waals surface area contributed by atoms with Crippen LogP contribution in [0, 0.1) is 0 Å². The van der Waals surface area contributed by atoms with E-state index < -0.39 is 0 Å². The Morgan fingerprint density at radius 1 is 1.35 bits per heavy atom. The quantitative estimate of drug-likeness (QED) is 0.688. The van der Waals surface area contributed by atoms with Gasteiger partial charge in [0.05, 0.1) is 6.61 Å². The minimum absolute atomic E-state index is 0.555. The highest BCUT2D eigenvalue weighted by Crippen LogP contribution is 2.01. The molecule has 1 aliphatic rings. The second kappa shape index (κ2) is 6.74. The molecular formula is C12H21N3O2. The van der Waals surface area contributed by atoms with Crippen molar-refractivity contribution in [2.45, 2.75) is 13.0 Å². The van der Waals surface area contributed by atoms with Gasteiger partial charge in [-0.25, -0.2) is 0 Å². The molecule has 2 rings (SSSR count). The first-order valence-electron chi connectivity index (χ1n) is 6.22. The van der Waals surface area contributed by atoms with Crippen LogP contribution in [0.5, 0.6) is 0 Å². The topological polar surface area (TPSA) is 41.7 Å². The maximum absolute atomic E-state index is 5.53. The summed E-state index contributed by atoms with van der Waals surface area (Å²) < 4.78 is 10.3. The molecule has 0 amide bonds. The Morgan fingerprint density at radius 3 is 2.88 bits per heavy atom. The molecule has 0 N–H and O–H groups in total. The van der Waals surface area contributed by atoms with Gasteiger partial charge >= 0.3 is 0 Å². The zero-order chi connectivity index (χ0) is 11.9. The summed E-state index contributed by atoms with van der Waals surface area (Å²) in [6, 6.07) is 1.83. The van der Waals surface area contributed by atoms with Crippen molar-refractivity contribution in [1.29, 1.82) is 0 Å². The summed E-state index contributed by atoms with van der Waals surface area (Å²) in [4.78, 5) is 4.87. The molecule has 1 aliphatic heterocycles. The highest BCUT2D eigenvalue weighted by molar-refractivity contribution is 4.92. The SMILES string of the molecule is CN1CCN(CCCOCc2ccon2)CC1. The maximum atomic E-state index is 5.53. The van der Waals surface area contributed by atoms with Gasteiger partial charge in [0.2, 0.25) is 0 Å². The molecule has 1 fully saturated rings. The van der Waals surface area contributed by atoms with Crippen LogP contribution in [-0.2, 0) is 11.3 Å². The normalized spacial score (nSPS) is 18.6. The Balaban J connectivity index is 1.49. The predicted molar refractivity (Wildman–Crippen MR) is 64.7 cm³/mol. The third-order valence-corrected chi connectivity index (χ3v) is 3.10. The lowest BCUT2D eigenvalue weighted by atomic mass is 10.3. The van der Waals surface area contributed by atoms with Gasteiger partial charge in [-0.2, -0.15) is 0 Å². The van der Waals surface area contributed by atoms with E-state index in [1.54, 1.807) is 6.26 Å². The third-order valence-electron chi connectivity index (χ3n) is 3.10. The van der Waals surface area contributed by atoms with E-state index in [4.69, 9.17) is 9.26 Å². The molecule has 0 spiro atoms. The van der Waals surface area contributed by atoms with Crippen LogP contribution in [0.4, 0.5) is 0 Å². The monoisotopic (exact) mass is 239 g/mol. The van der Waals surface area contributed by atoms with E-state index in [0.717, 1.165) is 25.3 Å². The summed E-state index contributed by atoms with van der Waals surface area (Å²) in [6.45, 7) is 7.20. The van der Waals surface area contributed by atoms with E-state index >= 15 is 0 Å². The largest absolute Gasteiger partial charge is 0.375 e. The van der Waals surface area contributed by atoms with Gasteiger partial charge in [-0.1, -0.05) is 5.16 Å². The van der Waals surface area contributed by atoms with Crippen LogP contribution >= 0.6 is 0 Å². The number of nitrogens with zero attached hydrogens (tertiary/aromatic N) is 3. The zero-order valence-corrected chi connectivity index (χ0v) is 10.5. The maximum Gasteiger partial charge on any atom is 0.124 e. The van der Waals surface area contributed by atoms with E-state index in [0.29, 0.717) is 6.61 Å². The van der Waals surface area contributed by atoms with Gasteiger partial charge in [0.15, 0.2) is 0 Å². The predicted octanol–water partition coefficient (Wildman–Crippen LogP) is 0.829. The molecular weight excluding hydrogens is 218 g/mol. The van der Waals surface area contributed by atoms with Gasteiger partial charge in [0.25, 0.3) is 0 Å². The zero-order valence-electron chi connectivity index (χ0n) is 10.5. The van der Waals surface area contributed by atoms with E-state index in [1.165, 1.54) is 26.2 Å². The first-order valence-corrected chi connectivity index (χ1v) is 6.22. The fourth-order valence-electron chi connectivity index (χ4n) is 1.95. The van der Waals surface area contributed by atoms with Gasteiger partial charge in [-0.15, -0.1) is 0 Å². The lowest BCUT2D eigenvalue weighted by molar-refractivity contribution is 0.0937. The van der Waals surface area contributed by atoms with Crippen LogP contribution in [0.15, 0.2) is 16.9 Å². The first-order chi connectivity index (χ1) is 8.34. The average Bonchev–Trinajstić information content (AvgIpc) is 2.84. The van der Waals surface area contributed by atoms with Crippen LogP contribution in [0.3, 0.4) is 0 Å². The molecule has 1 aromatic rings. The second-order valence-electron chi connectivity index (χ2n) is 4.54. The third kappa shape index (κ3) is 4.46. The molecule has 0 atom stereocenters. The Labute approximate surface area is 102 Å². The summed E-state index contributed by atoms with van der Waals surface area (Å²) >= 11 is 0. The van der Waals surface area contributed by atoms with Crippen molar-refractivity contribution < 1.29 is 9.26 Å². The fraction of sp³-hybridized carbons (Fsp3) is 0.750. The van der Waals surface area contributed by atoms with Crippen molar-refractivity contribution in [3.8, 4) is 0 Å². The van der Waals surface area contributed by atoms with E-state index in [-0.39, 0.29) is 0 Å². The molecule has 0 unspecified atom stereocenters. The van der Waals surface area contributed by atoms with E-state index in [2.05, 4.69) is 22.0 Å². The van der Waals surface area contributed by atoms with Gasteiger partial charge < -0.3 is 19.1 Å². The Hall–Kier alpha value is -0.910. The molecule has 0 bridgehead atoms. The van der Waals surface area contributed by atoms with Crippen LogP contribution in [0.25, 0.3) is 0 Å². The number of ether oxygens (including phenoxy) is 1. The second-order valence-corrected chi connectivity index (χ2v) is 4.54. The Morgan fingerprint density at radius 2 is 2.18 bits per heavy atom. The van der Waals surface area contributed by atoms with Gasteiger partial charge in [0, 0.05) is 45.4 Å². The summed E-state index contributed by atoms with van der Waals surface area (Å²) in [5, 5.41) is 3.80. The molecule has 5 heteroatoms. The van der Waals surface area contributed by atoms with E-state index in [1.807, 2.05) is 6.07 Å². The molecule has 1 aromatic heterocycles. The molecule has 0 saturated carbocycles. The minimum atomic E-state index is 0.555. The molecule has 17 heavy (non-hydrogen) atoms. The molecule has 96 valence electrons. The molecule has 0 radical (unpaired) electrons. The molecule has 2 heterocycles. The van der Waals surface area contributed by atoms with Crippen molar-refractivity contribution in [3.05, 3.63) is 18.0 Å². The lowest BCUT2D eigenvalue weighted by Gasteiger charge is -2.32. The number of piperazine rings is 1.